The van der Waals surface area contributed by atoms with Gasteiger partial charge in [-0.15, -0.1) is 0 Å². The number of rotatable bonds is 10. The van der Waals surface area contributed by atoms with Gasteiger partial charge in [-0.3, -0.25) is 4.79 Å². The minimum absolute atomic E-state index is 0.131. The number of carbonyl (C=O) groups is 1. The molecule has 0 unspecified atom stereocenters. The summed E-state index contributed by atoms with van der Waals surface area (Å²) < 4.78 is 4.56. The molecule has 0 bridgehead atoms. The fourth-order valence-corrected chi connectivity index (χ4v) is 1.46. The van der Waals surface area contributed by atoms with Gasteiger partial charge in [0.2, 0.25) is 0 Å². The van der Waals surface area contributed by atoms with Crippen molar-refractivity contribution in [3.8, 4) is 0 Å². The van der Waals surface area contributed by atoms with E-state index in [1.807, 2.05) is 18.2 Å². The van der Waals surface area contributed by atoms with Crippen LogP contribution in [0, 0.1) is 0 Å². The van der Waals surface area contributed by atoms with Gasteiger partial charge in [-0.1, -0.05) is 56.2 Å². The Balaban J connectivity index is 3.42. The van der Waals surface area contributed by atoms with E-state index in [1.165, 1.54) is 32.8 Å². The zero-order valence-electron chi connectivity index (χ0n) is 11.7. The van der Waals surface area contributed by atoms with Crippen LogP contribution in [-0.2, 0) is 9.53 Å². The van der Waals surface area contributed by atoms with E-state index in [4.69, 9.17) is 0 Å². The normalized spacial score (nSPS) is 11.9. The lowest BCUT2D eigenvalue weighted by Gasteiger charge is -1.94. The zero-order chi connectivity index (χ0) is 13.5. The highest BCUT2D eigenvalue weighted by Gasteiger charge is 1.96. The predicted octanol–water partition coefficient (Wildman–Crippen LogP) is 4.58. The van der Waals surface area contributed by atoms with Gasteiger partial charge in [0, 0.05) is 6.42 Å². The quantitative estimate of drug-likeness (QED) is 0.322. The van der Waals surface area contributed by atoms with Crippen LogP contribution in [-0.4, -0.2) is 13.1 Å². The number of methoxy groups -OCH3 is 1. The summed E-state index contributed by atoms with van der Waals surface area (Å²) in [6.45, 7) is 2.22. The molecule has 0 atom stereocenters. The Hall–Kier alpha value is -1.31. The molecule has 0 N–H and O–H groups in total. The third-order valence-electron chi connectivity index (χ3n) is 2.56. The van der Waals surface area contributed by atoms with E-state index in [-0.39, 0.29) is 5.97 Å². The molecule has 0 saturated heterocycles. The van der Waals surface area contributed by atoms with Gasteiger partial charge >= 0.3 is 5.97 Å². The van der Waals surface area contributed by atoms with Crippen LogP contribution in [0.2, 0.25) is 0 Å². The Morgan fingerprint density at radius 2 is 1.56 bits per heavy atom. The standard InChI is InChI=1S/C16H26O2/c1-3-4-5-6-7-8-9-10-11-12-13-14-15-16(17)18-2/h7-12H,3-6,13-15H2,1-2H3/b8-7-,10-9+,12-11-. The second-order valence-corrected chi connectivity index (χ2v) is 4.21. The molecule has 0 saturated carbocycles. The molecule has 18 heavy (non-hydrogen) atoms. The van der Waals surface area contributed by atoms with Gasteiger partial charge in [0.15, 0.2) is 0 Å². The maximum absolute atomic E-state index is 10.8. The summed E-state index contributed by atoms with van der Waals surface area (Å²) in [5, 5.41) is 0. The van der Waals surface area contributed by atoms with Gasteiger partial charge in [0.25, 0.3) is 0 Å². The van der Waals surface area contributed by atoms with E-state index < -0.39 is 0 Å². The molecule has 0 amide bonds. The highest BCUT2D eigenvalue weighted by Crippen LogP contribution is 2.00. The van der Waals surface area contributed by atoms with Crippen LogP contribution in [0.1, 0.15) is 51.9 Å². The van der Waals surface area contributed by atoms with Gasteiger partial charge in [-0.25, -0.2) is 0 Å². The van der Waals surface area contributed by atoms with Gasteiger partial charge < -0.3 is 4.74 Å². The number of carbonyl (C=O) groups excluding carboxylic acids is 1. The first-order valence-electron chi connectivity index (χ1n) is 6.86. The molecule has 102 valence electrons. The van der Waals surface area contributed by atoms with E-state index >= 15 is 0 Å². The van der Waals surface area contributed by atoms with Gasteiger partial charge in [-0.05, 0) is 25.7 Å². The number of hydrogen-bond donors (Lipinski definition) is 0. The topological polar surface area (TPSA) is 26.3 Å². The van der Waals surface area contributed by atoms with Crippen molar-refractivity contribution in [3.05, 3.63) is 36.5 Å². The summed E-state index contributed by atoms with van der Waals surface area (Å²) in [5.41, 5.74) is 0. The highest BCUT2D eigenvalue weighted by atomic mass is 16.5. The Morgan fingerprint density at radius 1 is 0.944 bits per heavy atom. The van der Waals surface area contributed by atoms with Crippen molar-refractivity contribution < 1.29 is 9.53 Å². The van der Waals surface area contributed by atoms with Gasteiger partial charge in [-0.2, -0.15) is 0 Å². The van der Waals surface area contributed by atoms with Crippen LogP contribution in [0.15, 0.2) is 36.5 Å². The Bertz CT molecular complexity index is 275. The highest BCUT2D eigenvalue weighted by molar-refractivity contribution is 5.69. The van der Waals surface area contributed by atoms with Crippen molar-refractivity contribution in [2.24, 2.45) is 0 Å². The molecule has 0 rings (SSSR count). The van der Waals surface area contributed by atoms with Crippen molar-refractivity contribution in [2.45, 2.75) is 51.9 Å². The minimum Gasteiger partial charge on any atom is -0.469 e. The molecule has 0 heterocycles. The lowest BCUT2D eigenvalue weighted by Crippen LogP contribution is -1.98. The molecule has 0 radical (unpaired) electrons. The molecular weight excluding hydrogens is 224 g/mol. The van der Waals surface area contributed by atoms with Crippen molar-refractivity contribution in [3.63, 3.8) is 0 Å². The second kappa shape index (κ2) is 13.8. The number of ether oxygens (including phenoxy) is 1. The molecule has 2 nitrogen and oxygen atoms in total. The largest absolute Gasteiger partial charge is 0.469 e. The molecule has 0 aliphatic heterocycles. The SMILES string of the molecule is CCCCC\C=C/C=C/C=C\CCCC(=O)OC. The van der Waals surface area contributed by atoms with E-state index in [9.17, 15) is 4.79 Å². The van der Waals surface area contributed by atoms with Gasteiger partial charge in [0.05, 0.1) is 7.11 Å². The lowest BCUT2D eigenvalue weighted by atomic mass is 10.2. The summed E-state index contributed by atoms with van der Waals surface area (Å²) in [5.74, 6) is -0.131. The number of hydrogen-bond acceptors (Lipinski definition) is 2. The van der Waals surface area contributed by atoms with Crippen molar-refractivity contribution in [2.75, 3.05) is 7.11 Å². The number of esters is 1. The maximum atomic E-state index is 10.8. The summed E-state index contributed by atoms with van der Waals surface area (Å²) in [6, 6.07) is 0. The van der Waals surface area contributed by atoms with Crippen molar-refractivity contribution >= 4 is 5.97 Å². The van der Waals surface area contributed by atoms with Gasteiger partial charge in [0.1, 0.15) is 0 Å². The average Bonchev–Trinajstić information content (AvgIpc) is 2.39. The number of unbranched alkanes of at least 4 members (excludes halogenated alkanes) is 4. The molecule has 2 heteroatoms. The molecule has 0 spiro atoms. The molecule has 0 aromatic rings. The third-order valence-corrected chi connectivity index (χ3v) is 2.56. The summed E-state index contributed by atoms with van der Waals surface area (Å²) in [7, 11) is 1.42. The first kappa shape index (κ1) is 16.7. The van der Waals surface area contributed by atoms with E-state index in [0.717, 1.165) is 12.8 Å². The molecular formula is C16H26O2. The third kappa shape index (κ3) is 12.8. The van der Waals surface area contributed by atoms with Crippen LogP contribution in [0.3, 0.4) is 0 Å². The molecule has 0 aromatic heterocycles. The van der Waals surface area contributed by atoms with E-state index in [0.29, 0.717) is 6.42 Å². The summed E-state index contributed by atoms with van der Waals surface area (Å²) in [6.07, 6.45) is 19.8. The smallest absolute Gasteiger partial charge is 0.305 e. The summed E-state index contributed by atoms with van der Waals surface area (Å²) in [4.78, 5) is 10.8. The second-order valence-electron chi connectivity index (χ2n) is 4.21. The fourth-order valence-electron chi connectivity index (χ4n) is 1.46. The Morgan fingerprint density at radius 3 is 2.11 bits per heavy atom. The monoisotopic (exact) mass is 250 g/mol. The number of allylic oxidation sites excluding steroid dienone is 6. The maximum Gasteiger partial charge on any atom is 0.305 e. The summed E-state index contributed by atoms with van der Waals surface area (Å²) >= 11 is 0. The van der Waals surface area contributed by atoms with Crippen LogP contribution in [0.4, 0.5) is 0 Å². The lowest BCUT2D eigenvalue weighted by molar-refractivity contribution is -0.140. The van der Waals surface area contributed by atoms with Crippen molar-refractivity contribution in [1.82, 2.24) is 0 Å². The fraction of sp³-hybridized carbons (Fsp3) is 0.562. The first-order valence-corrected chi connectivity index (χ1v) is 6.86. The van der Waals surface area contributed by atoms with E-state index in [1.54, 1.807) is 0 Å². The average molecular weight is 250 g/mol. The molecule has 0 aromatic carbocycles. The molecule has 0 aliphatic rings. The van der Waals surface area contributed by atoms with E-state index in [2.05, 4.69) is 29.9 Å². The zero-order valence-corrected chi connectivity index (χ0v) is 11.7. The molecule has 0 fully saturated rings. The predicted molar refractivity (Wildman–Crippen MR) is 77.4 cm³/mol. The minimum atomic E-state index is -0.131. The van der Waals surface area contributed by atoms with Crippen LogP contribution >= 0.6 is 0 Å². The molecule has 0 aliphatic carbocycles. The van der Waals surface area contributed by atoms with Crippen LogP contribution in [0.25, 0.3) is 0 Å². The Kier molecular flexibility index (Phi) is 12.8. The van der Waals surface area contributed by atoms with Crippen LogP contribution < -0.4 is 0 Å². The van der Waals surface area contributed by atoms with Crippen molar-refractivity contribution in [1.29, 1.82) is 0 Å². The Labute approximate surface area is 111 Å². The first-order chi connectivity index (χ1) is 8.81. The van der Waals surface area contributed by atoms with Crippen LogP contribution in [0.5, 0.6) is 0 Å².